The average molecular weight is 304 g/mol. The first-order chi connectivity index (χ1) is 10.6. The highest BCUT2D eigenvalue weighted by Gasteiger charge is 2.30. The maximum absolute atomic E-state index is 12.2. The van der Waals surface area contributed by atoms with Gasteiger partial charge in [0, 0.05) is 26.0 Å². The summed E-state index contributed by atoms with van der Waals surface area (Å²) in [6.07, 6.45) is 5.79. The number of tetrazole rings is 1. The number of likely N-dealkylation sites (N-methyl/N-ethyl adjacent to an activating group) is 1. The summed E-state index contributed by atoms with van der Waals surface area (Å²) in [4.78, 5) is 13.8. The number of hydrogen-bond donors (Lipinski definition) is 1. The molecule has 0 aliphatic heterocycles. The summed E-state index contributed by atoms with van der Waals surface area (Å²) in [5.41, 5.74) is 0. The Morgan fingerprint density at radius 1 is 1.55 bits per heavy atom. The molecule has 9 nitrogen and oxygen atoms in total. The van der Waals surface area contributed by atoms with Gasteiger partial charge in [-0.3, -0.25) is 4.68 Å². The van der Waals surface area contributed by atoms with Gasteiger partial charge in [0.25, 0.3) is 0 Å². The SMILES string of the molecule is CC(NC(=O)N(C)CCn1cccn1)c1nnnn1C1CC1. The number of urea groups is 1. The van der Waals surface area contributed by atoms with Crippen LogP contribution in [0.2, 0.25) is 0 Å². The maximum atomic E-state index is 12.2. The van der Waals surface area contributed by atoms with Crippen LogP contribution in [0.25, 0.3) is 0 Å². The second-order valence-corrected chi connectivity index (χ2v) is 5.57. The minimum atomic E-state index is -0.227. The molecule has 1 aliphatic carbocycles. The smallest absolute Gasteiger partial charge is 0.317 e. The summed E-state index contributed by atoms with van der Waals surface area (Å²) in [6, 6.07) is 1.88. The quantitative estimate of drug-likeness (QED) is 0.843. The molecular formula is C13H20N8O. The number of carbonyl (C=O) groups is 1. The topological polar surface area (TPSA) is 93.8 Å². The lowest BCUT2D eigenvalue weighted by molar-refractivity contribution is 0.202. The average Bonchev–Trinajstić information content (AvgIpc) is 3.03. The summed E-state index contributed by atoms with van der Waals surface area (Å²) in [5, 5.41) is 18.8. The van der Waals surface area contributed by atoms with Gasteiger partial charge >= 0.3 is 6.03 Å². The molecule has 1 aliphatic rings. The molecule has 1 fully saturated rings. The number of carbonyl (C=O) groups excluding carboxylic acids is 1. The van der Waals surface area contributed by atoms with E-state index >= 15 is 0 Å². The van der Waals surface area contributed by atoms with Gasteiger partial charge in [0.2, 0.25) is 0 Å². The number of nitrogens with zero attached hydrogens (tertiary/aromatic N) is 7. The minimum absolute atomic E-state index is 0.148. The first-order valence-corrected chi connectivity index (χ1v) is 7.42. The van der Waals surface area contributed by atoms with Crippen molar-refractivity contribution in [3.05, 3.63) is 24.3 Å². The Balaban J connectivity index is 1.52. The van der Waals surface area contributed by atoms with Crippen molar-refractivity contribution in [2.45, 2.75) is 38.4 Å². The second kappa shape index (κ2) is 6.12. The van der Waals surface area contributed by atoms with E-state index in [2.05, 4.69) is 25.9 Å². The zero-order valence-electron chi connectivity index (χ0n) is 12.8. The molecule has 2 aromatic rings. The van der Waals surface area contributed by atoms with Crippen LogP contribution in [0.3, 0.4) is 0 Å². The summed E-state index contributed by atoms with van der Waals surface area (Å²) >= 11 is 0. The summed E-state index contributed by atoms with van der Waals surface area (Å²) < 4.78 is 3.61. The molecule has 0 spiro atoms. The Morgan fingerprint density at radius 2 is 2.36 bits per heavy atom. The van der Waals surface area contributed by atoms with E-state index in [1.54, 1.807) is 22.8 Å². The molecular weight excluding hydrogens is 284 g/mol. The lowest BCUT2D eigenvalue weighted by Gasteiger charge is -2.21. The van der Waals surface area contributed by atoms with Gasteiger partial charge in [-0.05, 0) is 36.3 Å². The first kappa shape index (κ1) is 14.5. The van der Waals surface area contributed by atoms with Crippen molar-refractivity contribution in [1.82, 2.24) is 40.2 Å². The molecule has 118 valence electrons. The van der Waals surface area contributed by atoms with Crippen LogP contribution in [0.4, 0.5) is 4.79 Å². The van der Waals surface area contributed by atoms with E-state index in [0.29, 0.717) is 25.0 Å². The molecule has 2 aromatic heterocycles. The van der Waals surface area contributed by atoms with E-state index in [0.717, 1.165) is 12.8 Å². The van der Waals surface area contributed by atoms with Crippen LogP contribution < -0.4 is 5.32 Å². The Kier molecular flexibility index (Phi) is 4.03. The van der Waals surface area contributed by atoms with E-state index in [1.807, 2.05) is 23.9 Å². The Morgan fingerprint density at radius 3 is 3.05 bits per heavy atom. The van der Waals surface area contributed by atoms with Crippen molar-refractivity contribution in [2.75, 3.05) is 13.6 Å². The third kappa shape index (κ3) is 3.23. The highest BCUT2D eigenvalue weighted by molar-refractivity contribution is 5.74. The fraction of sp³-hybridized carbons (Fsp3) is 0.615. The zero-order chi connectivity index (χ0) is 15.5. The van der Waals surface area contributed by atoms with Gasteiger partial charge in [0.1, 0.15) is 0 Å². The van der Waals surface area contributed by atoms with Gasteiger partial charge < -0.3 is 10.2 Å². The molecule has 22 heavy (non-hydrogen) atoms. The molecule has 0 bridgehead atoms. The Bertz CT molecular complexity index is 618. The number of nitrogens with one attached hydrogen (secondary N) is 1. The molecule has 1 unspecified atom stereocenters. The van der Waals surface area contributed by atoms with Crippen LogP contribution in [-0.4, -0.2) is 54.5 Å². The highest BCUT2D eigenvalue weighted by Crippen LogP contribution is 2.35. The first-order valence-electron chi connectivity index (χ1n) is 7.42. The van der Waals surface area contributed by atoms with Crippen LogP contribution >= 0.6 is 0 Å². The highest BCUT2D eigenvalue weighted by atomic mass is 16.2. The number of amides is 2. The van der Waals surface area contributed by atoms with Crippen molar-refractivity contribution >= 4 is 6.03 Å². The maximum Gasteiger partial charge on any atom is 0.317 e. The molecule has 0 saturated heterocycles. The van der Waals surface area contributed by atoms with Crippen LogP contribution in [0, 0.1) is 0 Å². The Labute approximate surface area is 128 Å². The van der Waals surface area contributed by atoms with Crippen molar-refractivity contribution in [1.29, 1.82) is 0 Å². The van der Waals surface area contributed by atoms with Gasteiger partial charge in [-0.15, -0.1) is 5.10 Å². The largest absolute Gasteiger partial charge is 0.328 e. The minimum Gasteiger partial charge on any atom is -0.328 e. The summed E-state index contributed by atoms with van der Waals surface area (Å²) in [6.45, 7) is 3.13. The zero-order valence-corrected chi connectivity index (χ0v) is 12.8. The van der Waals surface area contributed by atoms with Crippen LogP contribution in [-0.2, 0) is 6.54 Å². The molecule has 1 N–H and O–H groups in total. The molecule has 0 radical (unpaired) electrons. The van der Waals surface area contributed by atoms with Gasteiger partial charge in [-0.25, -0.2) is 9.48 Å². The third-order valence-electron chi connectivity index (χ3n) is 3.71. The monoisotopic (exact) mass is 304 g/mol. The molecule has 2 amide bonds. The van der Waals surface area contributed by atoms with Crippen LogP contribution in [0.1, 0.15) is 37.7 Å². The van der Waals surface area contributed by atoms with E-state index in [9.17, 15) is 4.79 Å². The molecule has 0 aromatic carbocycles. The molecule has 1 atom stereocenters. The van der Waals surface area contributed by atoms with Crippen molar-refractivity contribution in [3.8, 4) is 0 Å². The lowest BCUT2D eigenvalue weighted by atomic mass is 10.3. The van der Waals surface area contributed by atoms with E-state index in [-0.39, 0.29) is 12.1 Å². The fourth-order valence-electron chi connectivity index (χ4n) is 2.21. The molecule has 1 saturated carbocycles. The predicted octanol–water partition coefficient (Wildman–Crippen LogP) is 0.607. The predicted molar refractivity (Wildman–Crippen MR) is 77.9 cm³/mol. The molecule has 3 rings (SSSR count). The van der Waals surface area contributed by atoms with Crippen LogP contribution in [0.15, 0.2) is 18.5 Å². The normalized spacial score (nSPS) is 15.5. The van der Waals surface area contributed by atoms with Crippen LogP contribution in [0.5, 0.6) is 0 Å². The molecule has 9 heteroatoms. The van der Waals surface area contributed by atoms with Gasteiger partial charge in [0.05, 0.1) is 18.6 Å². The van der Waals surface area contributed by atoms with Gasteiger partial charge in [-0.2, -0.15) is 5.10 Å². The van der Waals surface area contributed by atoms with Crippen molar-refractivity contribution in [3.63, 3.8) is 0 Å². The standard InChI is InChI=1S/C13H20N8O/c1-10(12-16-17-18-21(12)11-4-5-11)15-13(22)19(2)8-9-20-7-3-6-14-20/h3,6-7,10-11H,4-5,8-9H2,1-2H3,(H,15,22). The fourth-order valence-corrected chi connectivity index (χ4v) is 2.21. The Hall–Kier alpha value is -2.45. The van der Waals surface area contributed by atoms with Crippen molar-refractivity contribution < 1.29 is 4.79 Å². The summed E-state index contributed by atoms with van der Waals surface area (Å²) in [7, 11) is 1.76. The van der Waals surface area contributed by atoms with E-state index in [1.165, 1.54) is 0 Å². The van der Waals surface area contributed by atoms with Gasteiger partial charge in [0.15, 0.2) is 5.82 Å². The lowest BCUT2D eigenvalue weighted by Crippen LogP contribution is -2.40. The van der Waals surface area contributed by atoms with Crippen molar-refractivity contribution in [2.24, 2.45) is 0 Å². The van der Waals surface area contributed by atoms with Gasteiger partial charge in [-0.1, -0.05) is 0 Å². The number of aromatic nitrogens is 6. The van der Waals surface area contributed by atoms with E-state index in [4.69, 9.17) is 0 Å². The number of hydrogen-bond acceptors (Lipinski definition) is 5. The third-order valence-corrected chi connectivity index (χ3v) is 3.71. The molecule has 2 heterocycles. The second-order valence-electron chi connectivity index (χ2n) is 5.57. The van der Waals surface area contributed by atoms with E-state index < -0.39 is 0 Å². The summed E-state index contributed by atoms with van der Waals surface area (Å²) in [5.74, 6) is 0.705. The number of rotatable bonds is 6.